The molecule has 0 saturated heterocycles. The fourth-order valence-corrected chi connectivity index (χ4v) is 1.41. The highest BCUT2D eigenvalue weighted by Gasteiger charge is 2.17. The first-order valence-corrected chi connectivity index (χ1v) is 5.26. The molecule has 0 aliphatic carbocycles. The van der Waals surface area contributed by atoms with E-state index < -0.39 is 6.04 Å². The molecule has 4 heteroatoms. The van der Waals surface area contributed by atoms with E-state index in [2.05, 4.69) is 0 Å². The monoisotopic (exact) mass is 222 g/mol. The molecule has 0 aliphatic rings. The topological polar surface area (TPSA) is 55.6 Å². The lowest BCUT2D eigenvalue weighted by molar-refractivity contribution is -0.170. The Morgan fingerprint density at radius 1 is 1.44 bits per heavy atom. The van der Waals surface area contributed by atoms with Gasteiger partial charge >= 0.3 is 0 Å². The second-order valence-electron chi connectivity index (χ2n) is 3.65. The van der Waals surface area contributed by atoms with E-state index in [0.717, 1.165) is 11.5 Å². The average molecular weight is 222 g/mol. The van der Waals surface area contributed by atoms with Crippen molar-refractivity contribution in [2.24, 2.45) is 5.73 Å². The van der Waals surface area contributed by atoms with Crippen molar-refractivity contribution in [3.63, 3.8) is 0 Å². The molecule has 1 rings (SSSR count). The van der Waals surface area contributed by atoms with E-state index in [-0.39, 0.29) is 5.91 Å². The molecule has 0 aromatic heterocycles. The van der Waals surface area contributed by atoms with Crippen molar-refractivity contribution < 1.29 is 9.63 Å². The molecule has 0 heterocycles. The van der Waals surface area contributed by atoms with Crippen LogP contribution in [0, 0.1) is 0 Å². The molecule has 0 bridgehead atoms. The number of likely N-dealkylation sites (N-methyl/N-ethyl adjacent to an activating group) is 1. The number of carbonyl (C=O) groups is 1. The molecule has 2 N–H and O–H groups in total. The lowest BCUT2D eigenvalue weighted by Crippen LogP contribution is -2.41. The van der Waals surface area contributed by atoms with Gasteiger partial charge in [-0.1, -0.05) is 30.3 Å². The van der Waals surface area contributed by atoms with Crippen molar-refractivity contribution in [2.45, 2.75) is 18.9 Å². The fourth-order valence-electron chi connectivity index (χ4n) is 1.41. The van der Waals surface area contributed by atoms with Gasteiger partial charge in [0.2, 0.25) is 0 Å². The standard InChI is InChI=1S/C12H18N2O2/c1-14(16-2)12(15)11(13)9-8-10-6-4-3-5-7-10/h3-7,11H,8-9,13H2,1-2H3. The zero-order valence-electron chi connectivity index (χ0n) is 9.72. The predicted molar refractivity (Wildman–Crippen MR) is 62.5 cm³/mol. The smallest absolute Gasteiger partial charge is 0.262 e. The summed E-state index contributed by atoms with van der Waals surface area (Å²) in [4.78, 5) is 16.4. The Balaban J connectivity index is 2.41. The number of nitrogens with two attached hydrogens (primary N) is 1. The maximum atomic E-state index is 11.6. The van der Waals surface area contributed by atoms with E-state index in [4.69, 9.17) is 10.6 Å². The number of nitrogens with zero attached hydrogens (tertiary/aromatic N) is 1. The molecule has 1 aromatic carbocycles. The minimum absolute atomic E-state index is 0.196. The summed E-state index contributed by atoms with van der Waals surface area (Å²) in [5.41, 5.74) is 6.96. The molecular weight excluding hydrogens is 204 g/mol. The van der Waals surface area contributed by atoms with Crippen molar-refractivity contribution in [1.82, 2.24) is 5.06 Å². The molecular formula is C12H18N2O2. The van der Waals surface area contributed by atoms with Crippen molar-refractivity contribution in [2.75, 3.05) is 14.2 Å². The zero-order chi connectivity index (χ0) is 12.0. The van der Waals surface area contributed by atoms with E-state index in [1.807, 2.05) is 30.3 Å². The summed E-state index contributed by atoms with van der Waals surface area (Å²) < 4.78 is 0. The summed E-state index contributed by atoms with van der Waals surface area (Å²) in [5.74, 6) is -0.196. The van der Waals surface area contributed by atoms with Crippen LogP contribution in [0.5, 0.6) is 0 Å². The number of hydrogen-bond donors (Lipinski definition) is 1. The van der Waals surface area contributed by atoms with Gasteiger partial charge in [-0.2, -0.15) is 0 Å². The SMILES string of the molecule is CON(C)C(=O)C(N)CCc1ccccc1. The fraction of sp³-hybridized carbons (Fsp3) is 0.417. The van der Waals surface area contributed by atoms with Gasteiger partial charge in [-0.15, -0.1) is 0 Å². The number of hydroxylamine groups is 2. The molecule has 1 atom stereocenters. The Labute approximate surface area is 95.9 Å². The number of carbonyl (C=O) groups excluding carboxylic acids is 1. The van der Waals surface area contributed by atoms with Crippen LogP contribution in [0.15, 0.2) is 30.3 Å². The molecule has 16 heavy (non-hydrogen) atoms. The third-order valence-electron chi connectivity index (χ3n) is 2.49. The molecule has 0 fully saturated rings. The van der Waals surface area contributed by atoms with Crippen molar-refractivity contribution in [3.8, 4) is 0 Å². The highest BCUT2D eigenvalue weighted by atomic mass is 16.7. The molecule has 0 spiro atoms. The lowest BCUT2D eigenvalue weighted by atomic mass is 10.1. The Kier molecular flexibility index (Phi) is 4.95. The molecule has 1 unspecified atom stereocenters. The largest absolute Gasteiger partial charge is 0.320 e. The zero-order valence-corrected chi connectivity index (χ0v) is 9.72. The van der Waals surface area contributed by atoms with Gasteiger partial charge in [0.25, 0.3) is 5.91 Å². The second kappa shape index (κ2) is 6.25. The van der Waals surface area contributed by atoms with Gasteiger partial charge in [-0.25, -0.2) is 5.06 Å². The number of rotatable bonds is 5. The molecule has 1 aromatic rings. The van der Waals surface area contributed by atoms with Crippen LogP contribution in [0.1, 0.15) is 12.0 Å². The minimum Gasteiger partial charge on any atom is -0.320 e. The first-order chi connectivity index (χ1) is 7.65. The average Bonchev–Trinajstić information content (AvgIpc) is 2.35. The van der Waals surface area contributed by atoms with Gasteiger partial charge in [0, 0.05) is 7.05 Å². The number of benzene rings is 1. The molecule has 0 saturated carbocycles. The highest BCUT2D eigenvalue weighted by Crippen LogP contribution is 2.05. The molecule has 88 valence electrons. The van der Waals surface area contributed by atoms with Crippen molar-refractivity contribution >= 4 is 5.91 Å². The van der Waals surface area contributed by atoms with Crippen LogP contribution in [0.25, 0.3) is 0 Å². The first kappa shape index (κ1) is 12.7. The lowest BCUT2D eigenvalue weighted by Gasteiger charge is -2.18. The molecule has 0 radical (unpaired) electrons. The second-order valence-corrected chi connectivity index (χ2v) is 3.65. The summed E-state index contributed by atoms with van der Waals surface area (Å²) in [6.45, 7) is 0. The quantitative estimate of drug-likeness (QED) is 0.755. The van der Waals surface area contributed by atoms with Crippen LogP contribution in [0.2, 0.25) is 0 Å². The van der Waals surface area contributed by atoms with Gasteiger partial charge < -0.3 is 5.73 Å². The highest BCUT2D eigenvalue weighted by molar-refractivity contribution is 5.80. The van der Waals surface area contributed by atoms with E-state index in [1.54, 1.807) is 7.05 Å². The van der Waals surface area contributed by atoms with Crippen molar-refractivity contribution in [1.29, 1.82) is 0 Å². The van der Waals surface area contributed by atoms with E-state index in [9.17, 15) is 4.79 Å². The third kappa shape index (κ3) is 3.64. The summed E-state index contributed by atoms with van der Waals surface area (Å²) in [6, 6.07) is 9.46. The van der Waals surface area contributed by atoms with Crippen LogP contribution in [-0.4, -0.2) is 31.2 Å². The van der Waals surface area contributed by atoms with E-state index in [0.29, 0.717) is 6.42 Å². The summed E-state index contributed by atoms with van der Waals surface area (Å²) in [6.07, 6.45) is 1.42. The number of aryl methyl sites for hydroxylation is 1. The van der Waals surface area contributed by atoms with Gasteiger partial charge in [0.15, 0.2) is 0 Å². The number of amides is 1. The Morgan fingerprint density at radius 3 is 2.62 bits per heavy atom. The Morgan fingerprint density at radius 2 is 2.06 bits per heavy atom. The van der Waals surface area contributed by atoms with Crippen LogP contribution >= 0.6 is 0 Å². The van der Waals surface area contributed by atoms with Crippen LogP contribution in [-0.2, 0) is 16.1 Å². The molecule has 0 aliphatic heterocycles. The normalized spacial score (nSPS) is 12.2. The summed E-state index contributed by atoms with van der Waals surface area (Å²) >= 11 is 0. The van der Waals surface area contributed by atoms with Crippen LogP contribution < -0.4 is 5.73 Å². The molecule has 1 amide bonds. The van der Waals surface area contributed by atoms with Crippen LogP contribution in [0.4, 0.5) is 0 Å². The Hall–Kier alpha value is -1.39. The van der Waals surface area contributed by atoms with Gasteiger partial charge in [-0.05, 0) is 18.4 Å². The summed E-state index contributed by atoms with van der Waals surface area (Å²) in [5, 5.41) is 1.16. The number of hydrogen-bond acceptors (Lipinski definition) is 3. The minimum atomic E-state index is -0.509. The van der Waals surface area contributed by atoms with E-state index >= 15 is 0 Å². The van der Waals surface area contributed by atoms with Gasteiger partial charge in [0.05, 0.1) is 13.2 Å². The Bertz CT molecular complexity index is 327. The van der Waals surface area contributed by atoms with Crippen LogP contribution in [0.3, 0.4) is 0 Å². The van der Waals surface area contributed by atoms with E-state index in [1.165, 1.54) is 12.7 Å². The molecule has 4 nitrogen and oxygen atoms in total. The maximum absolute atomic E-state index is 11.6. The first-order valence-electron chi connectivity index (χ1n) is 5.26. The van der Waals surface area contributed by atoms with Gasteiger partial charge in [-0.3, -0.25) is 9.63 Å². The van der Waals surface area contributed by atoms with Gasteiger partial charge in [0.1, 0.15) is 0 Å². The van der Waals surface area contributed by atoms with Crippen molar-refractivity contribution in [3.05, 3.63) is 35.9 Å². The maximum Gasteiger partial charge on any atom is 0.262 e. The summed E-state index contributed by atoms with van der Waals surface area (Å²) in [7, 11) is 3.01. The third-order valence-corrected chi connectivity index (χ3v) is 2.49. The predicted octanol–water partition coefficient (Wildman–Crippen LogP) is 0.966.